The largest absolute Gasteiger partial charge is 0.497 e. The molecule has 0 aromatic heterocycles. The smallest absolute Gasteiger partial charge is 0.321 e. The van der Waals surface area contributed by atoms with Crippen LogP contribution in [-0.2, 0) is 0 Å². The molecule has 1 fully saturated rings. The van der Waals surface area contributed by atoms with E-state index in [4.69, 9.17) is 4.74 Å². The van der Waals surface area contributed by atoms with Crippen LogP contribution in [-0.4, -0.2) is 55.7 Å². The number of carbonyl (C=O) groups excluding carboxylic acids is 1. The molecule has 108 valence electrons. The number of anilines is 1. The fraction of sp³-hybridized carbons (Fsp3) is 0.400. The second-order valence-corrected chi connectivity index (χ2v) is 4.73. The van der Waals surface area contributed by atoms with Gasteiger partial charge in [-0.25, -0.2) is 4.79 Å². The van der Waals surface area contributed by atoms with Gasteiger partial charge in [0.2, 0.25) is 0 Å². The number of amides is 2. The van der Waals surface area contributed by atoms with E-state index < -0.39 is 0 Å². The van der Waals surface area contributed by atoms with Crippen LogP contribution < -0.4 is 10.1 Å². The normalized spacial score (nSPS) is 15.8. The highest BCUT2D eigenvalue weighted by Crippen LogP contribution is 2.15. The maximum atomic E-state index is 12.1. The summed E-state index contributed by atoms with van der Waals surface area (Å²) < 4.78 is 5.09. The quantitative estimate of drug-likeness (QED) is 0.855. The standard InChI is InChI=1S/C15H21N3O2/c1-3-8-17-9-11-18(12-10-17)15(19)16-13-4-6-14(20-2)7-5-13/h3-7H,1,8-12H2,2H3,(H,16,19). The van der Waals surface area contributed by atoms with Gasteiger partial charge in [0.1, 0.15) is 5.75 Å². The molecule has 0 radical (unpaired) electrons. The number of nitrogens with zero attached hydrogens (tertiary/aromatic N) is 2. The Balaban J connectivity index is 1.84. The molecule has 5 nitrogen and oxygen atoms in total. The van der Waals surface area contributed by atoms with Crippen LogP contribution in [0.3, 0.4) is 0 Å². The zero-order chi connectivity index (χ0) is 14.4. The van der Waals surface area contributed by atoms with Crippen LogP contribution in [0.15, 0.2) is 36.9 Å². The lowest BCUT2D eigenvalue weighted by Gasteiger charge is -2.34. The number of hydrogen-bond donors (Lipinski definition) is 1. The highest BCUT2D eigenvalue weighted by molar-refractivity contribution is 5.89. The number of hydrogen-bond acceptors (Lipinski definition) is 3. The number of carbonyl (C=O) groups is 1. The summed E-state index contributed by atoms with van der Waals surface area (Å²) in [6.07, 6.45) is 1.90. The van der Waals surface area contributed by atoms with Gasteiger partial charge in [-0.15, -0.1) is 6.58 Å². The molecule has 0 unspecified atom stereocenters. The molecular formula is C15H21N3O2. The first-order chi connectivity index (χ1) is 9.72. The summed E-state index contributed by atoms with van der Waals surface area (Å²) in [6, 6.07) is 7.29. The lowest BCUT2D eigenvalue weighted by molar-refractivity contribution is 0.156. The summed E-state index contributed by atoms with van der Waals surface area (Å²) in [5.41, 5.74) is 0.782. The maximum absolute atomic E-state index is 12.1. The van der Waals surface area contributed by atoms with E-state index >= 15 is 0 Å². The molecule has 5 heteroatoms. The van der Waals surface area contributed by atoms with Crippen molar-refractivity contribution >= 4 is 11.7 Å². The van der Waals surface area contributed by atoms with Crippen molar-refractivity contribution in [3.63, 3.8) is 0 Å². The Kier molecular flexibility index (Phi) is 5.01. The van der Waals surface area contributed by atoms with Crippen molar-refractivity contribution in [1.29, 1.82) is 0 Å². The maximum Gasteiger partial charge on any atom is 0.321 e. The molecule has 0 saturated carbocycles. The predicted molar refractivity (Wildman–Crippen MR) is 80.2 cm³/mol. The van der Waals surface area contributed by atoms with E-state index in [1.54, 1.807) is 7.11 Å². The first-order valence-electron chi connectivity index (χ1n) is 6.76. The lowest BCUT2D eigenvalue weighted by Crippen LogP contribution is -2.49. The SMILES string of the molecule is C=CCN1CCN(C(=O)Nc2ccc(OC)cc2)CC1. The molecule has 0 aliphatic carbocycles. The summed E-state index contributed by atoms with van der Waals surface area (Å²) >= 11 is 0. The van der Waals surface area contributed by atoms with Crippen molar-refractivity contribution in [2.24, 2.45) is 0 Å². The highest BCUT2D eigenvalue weighted by Gasteiger charge is 2.20. The Labute approximate surface area is 119 Å². The molecule has 1 heterocycles. The van der Waals surface area contributed by atoms with Crippen molar-refractivity contribution in [1.82, 2.24) is 9.80 Å². The molecule has 2 amide bonds. The molecule has 0 spiro atoms. The molecule has 2 rings (SSSR count). The van der Waals surface area contributed by atoms with Crippen LogP contribution >= 0.6 is 0 Å². The number of nitrogens with one attached hydrogen (secondary N) is 1. The molecule has 1 aromatic rings. The third-order valence-electron chi connectivity index (χ3n) is 3.39. The number of benzene rings is 1. The molecule has 0 bridgehead atoms. The van der Waals surface area contributed by atoms with Gasteiger partial charge in [0.05, 0.1) is 7.11 Å². The van der Waals surface area contributed by atoms with E-state index in [1.165, 1.54) is 0 Å². The molecule has 0 atom stereocenters. The van der Waals surface area contributed by atoms with Crippen LogP contribution in [0.1, 0.15) is 0 Å². The highest BCUT2D eigenvalue weighted by atomic mass is 16.5. The number of ether oxygens (including phenoxy) is 1. The van der Waals surface area contributed by atoms with E-state index in [-0.39, 0.29) is 6.03 Å². The van der Waals surface area contributed by atoms with Crippen LogP contribution in [0.25, 0.3) is 0 Å². The van der Waals surface area contributed by atoms with Crippen molar-refractivity contribution in [3.05, 3.63) is 36.9 Å². The molecule has 1 aliphatic rings. The average molecular weight is 275 g/mol. The van der Waals surface area contributed by atoms with Crippen molar-refractivity contribution < 1.29 is 9.53 Å². The monoisotopic (exact) mass is 275 g/mol. The third kappa shape index (κ3) is 3.74. The minimum Gasteiger partial charge on any atom is -0.497 e. The molecule has 1 aliphatic heterocycles. The fourth-order valence-electron chi connectivity index (χ4n) is 2.19. The van der Waals surface area contributed by atoms with Gasteiger partial charge in [0.25, 0.3) is 0 Å². The van der Waals surface area contributed by atoms with E-state index in [1.807, 2.05) is 35.2 Å². The first kappa shape index (κ1) is 14.4. The zero-order valence-corrected chi connectivity index (χ0v) is 11.8. The fourth-order valence-corrected chi connectivity index (χ4v) is 2.19. The van der Waals surface area contributed by atoms with Crippen molar-refractivity contribution in [2.45, 2.75) is 0 Å². The summed E-state index contributed by atoms with van der Waals surface area (Å²) in [6.45, 7) is 7.89. The topological polar surface area (TPSA) is 44.8 Å². The van der Waals surface area contributed by atoms with Gasteiger partial charge < -0.3 is 15.0 Å². The molecule has 20 heavy (non-hydrogen) atoms. The first-order valence-corrected chi connectivity index (χ1v) is 6.76. The molecule has 1 saturated heterocycles. The van der Waals surface area contributed by atoms with Crippen molar-refractivity contribution in [3.8, 4) is 5.75 Å². The summed E-state index contributed by atoms with van der Waals surface area (Å²) in [5, 5.41) is 2.90. The summed E-state index contributed by atoms with van der Waals surface area (Å²) in [5.74, 6) is 0.779. The van der Waals surface area contributed by atoms with E-state index in [0.29, 0.717) is 0 Å². The Bertz CT molecular complexity index is 451. The average Bonchev–Trinajstić information content (AvgIpc) is 2.49. The number of urea groups is 1. The van der Waals surface area contributed by atoms with Gasteiger partial charge >= 0.3 is 6.03 Å². The number of piperazine rings is 1. The zero-order valence-electron chi connectivity index (χ0n) is 11.8. The lowest BCUT2D eigenvalue weighted by atomic mass is 10.3. The van der Waals surface area contributed by atoms with E-state index in [2.05, 4.69) is 16.8 Å². The van der Waals surface area contributed by atoms with Gasteiger partial charge in [-0.3, -0.25) is 4.90 Å². The minimum atomic E-state index is -0.0478. The third-order valence-corrected chi connectivity index (χ3v) is 3.39. The Morgan fingerprint density at radius 1 is 1.30 bits per heavy atom. The Morgan fingerprint density at radius 2 is 1.95 bits per heavy atom. The van der Waals surface area contributed by atoms with Crippen LogP contribution in [0, 0.1) is 0 Å². The van der Waals surface area contributed by atoms with Gasteiger partial charge in [0, 0.05) is 38.4 Å². The molecule has 1 N–H and O–H groups in total. The Morgan fingerprint density at radius 3 is 2.50 bits per heavy atom. The summed E-state index contributed by atoms with van der Waals surface area (Å²) in [4.78, 5) is 16.3. The predicted octanol–water partition coefficient (Wildman–Crippen LogP) is 2.03. The Hall–Kier alpha value is -2.01. The number of methoxy groups -OCH3 is 1. The van der Waals surface area contributed by atoms with Gasteiger partial charge in [-0.05, 0) is 24.3 Å². The summed E-state index contributed by atoms with van der Waals surface area (Å²) in [7, 11) is 1.62. The van der Waals surface area contributed by atoms with Crippen molar-refractivity contribution in [2.75, 3.05) is 45.2 Å². The van der Waals surface area contributed by atoms with Gasteiger partial charge in [-0.2, -0.15) is 0 Å². The van der Waals surface area contributed by atoms with Crippen LogP contribution in [0.2, 0.25) is 0 Å². The minimum absolute atomic E-state index is 0.0478. The number of rotatable bonds is 4. The van der Waals surface area contributed by atoms with Crippen LogP contribution in [0.5, 0.6) is 5.75 Å². The molecular weight excluding hydrogens is 254 g/mol. The van der Waals surface area contributed by atoms with Crippen LogP contribution in [0.4, 0.5) is 10.5 Å². The second-order valence-electron chi connectivity index (χ2n) is 4.73. The van der Waals surface area contributed by atoms with E-state index in [0.717, 1.165) is 44.2 Å². The molecule has 1 aromatic carbocycles. The second kappa shape index (κ2) is 6.96. The van der Waals surface area contributed by atoms with E-state index in [9.17, 15) is 4.79 Å². The van der Waals surface area contributed by atoms with Gasteiger partial charge in [-0.1, -0.05) is 6.08 Å². The van der Waals surface area contributed by atoms with Gasteiger partial charge in [0.15, 0.2) is 0 Å².